The van der Waals surface area contributed by atoms with E-state index in [0.29, 0.717) is 12.1 Å². The van der Waals surface area contributed by atoms with E-state index < -0.39 is 0 Å². The molecule has 0 aliphatic carbocycles. The summed E-state index contributed by atoms with van der Waals surface area (Å²) in [7, 11) is 6.17. The van der Waals surface area contributed by atoms with Crippen LogP contribution in [0.2, 0.25) is 0 Å². The molecule has 2 aromatic carbocycles. The van der Waals surface area contributed by atoms with Crippen molar-refractivity contribution in [3.8, 4) is 0 Å². The molecule has 0 saturated carbocycles. The minimum Gasteiger partial charge on any atom is -0.383 e. The number of nitrogens with one attached hydrogen (secondary N) is 2. The summed E-state index contributed by atoms with van der Waals surface area (Å²) in [5.41, 5.74) is 8.33. The lowest BCUT2D eigenvalue weighted by Gasteiger charge is -2.32. The van der Waals surface area contributed by atoms with Crippen LogP contribution in [0.1, 0.15) is 35.9 Å². The molecule has 2 unspecified atom stereocenters. The molecule has 4 aromatic rings. The largest absolute Gasteiger partial charge is 0.383 e. The predicted molar refractivity (Wildman–Crippen MR) is 137 cm³/mol. The zero-order valence-electron chi connectivity index (χ0n) is 20.3. The molecule has 33 heavy (non-hydrogen) atoms. The molecule has 0 saturated heterocycles. The number of hydrogen-bond acceptors (Lipinski definition) is 3. The molecule has 2 N–H and O–H groups in total. The molecule has 5 nitrogen and oxygen atoms in total. The van der Waals surface area contributed by atoms with Crippen LogP contribution >= 0.6 is 0 Å². The van der Waals surface area contributed by atoms with Gasteiger partial charge in [0.05, 0.1) is 6.61 Å². The smallest absolute Gasteiger partial charge is 0.0621 e. The van der Waals surface area contributed by atoms with Gasteiger partial charge >= 0.3 is 0 Å². The Balaban J connectivity index is 0.000000139. The van der Waals surface area contributed by atoms with Crippen LogP contribution in [-0.4, -0.2) is 59.7 Å². The standard InChI is InChI=1S/C14H18N2O.C14H18N2/c1-16-8-14-12(7-10(16)9-17-2)11-5-3-4-6-13(11)15-14;1-3-10-8-12-11-6-4-5-7-13(11)15-14(12)9-16(10)2/h3-6,10,15H,7-9H2,1-2H3;4-7,10,15H,3,8-9H2,1-2H3. The third-order valence-electron chi connectivity index (χ3n) is 7.58. The molecule has 0 fully saturated rings. The number of likely N-dealkylation sites (N-methyl/N-ethyl adjacent to an activating group) is 2. The third kappa shape index (κ3) is 4.21. The third-order valence-corrected chi connectivity index (χ3v) is 7.58. The number of benzene rings is 2. The number of H-pyrrole nitrogens is 2. The number of aromatic amines is 2. The highest BCUT2D eigenvalue weighted by Gasteiger charge is 2.26. The Morgan fingerprint density at radius 2 is 1.27 bits per heavy atom. The second-order valence-corrected chi connectivity index (χ2v) is 9.67. The van der Waals surface area contributed by atoms with Crippen LogP contribution < -0.4 is 0 Å². The lowest BCUT2D eigenvalue weighted by Crippen LogP contribution is -2.40. The van der Waals surface area contributed by atoms with Gasteiger partial charge in [0.1, 0.15) is 0 Å². The van der Waals surface area contributed by atoms with E-state index in [-0.39, 0.29) is 0 Å². The van der Waals surface area contributed by atoms with Crippen molar-refractivity contribution in [2.75, 3.05) is 27.8 Å². The highest BCUT2D eigenvalue weighted by molar-refractivity contribution is 5.85. The van der Waals surface area contributed by atoms with Crippen LogP contribution in [0.15, 0.2) is 48.5 Å². The summed E-state index contributed by atoms with van der Waals surface area (Å²) < 4.78 is 5.30. The number of methoxy groups -OCH3 is 1. The Bertz CT molecular complexity index is 1240. The van der Waals surface area contributed by atoms with E-state index in [4.69, 9.17) is 4.74 Å². The molecule has 174 valence electrons. The van der Waals surface area contributed by atoms with E-state index in [9.17, 15) is 0 Å². The van der Waals surface area contributed by atoms with Crippen LogP contribution in [0.5, 0.6) is 0 Å². The molecule has 0 bridgehead atoms. The van der Waals surface area contributed by atoms with Gasteiger partial charge in [-0.2, -0.15) is 0 Å². The van der Waals surface area contributed by atoms with Gasteiger partial charge in [0.2, 0.25) is 0 Å². The van der Waals surface area contributed by atoms with Gasteiger partial charge in [-0.15, -0.1) is 0 Å². The zero-order valence-corrected chi connectivity index (χ0v) is 20.3. The topological polar surface area (TPSA) is 47.3 Å². The fourth-order valence-corrected chi connectivity index (χ4v) is 5.62. The highest BCUT2D eigenvalue weighted by Crippen LogP contribution is 2.31. The monoisotopic (exact) mass is 444 g/mol. The number of nitrogens with zero attached hydrogens (tertiary/aromatic N) is 2. The number of para-hydroxylation sites is 2. The Labute approximate surface area is 196 Å². The molecular weight excluding hydrogens is 408 g/mol. The summed E-state index contributed by atoms with van der Waals surface area (Å²) in [6, 6.07) is 18.4. The minimum absolute atomic E-state index is 0.492. The van der Waals surface area contributed by atoms with Crippen molar-refractivity contribution in [2.24, 2.45) is 0 Å². The fourth-order valence-electron chi connectivity index (χ4n) is 5.62. The van der Waals surface area contributed by atoms with Gasteiger partial charge in [-0.3, -0.25) is 9.80 Å². The molecular formula is C28H36N4O. The van der Waals surface area contributed by atoms with Gasteiger partial charge in [0.25, 0.3) is 0 Å². The van der Waals surface area contributed by atoms with Gasteiger partial charge in [-0.1, -0.05) is 43.3 Å². The van der Waals surface area contributed by atoms with Crippen molar-refractivity contribution in [1.29, 1.82) is 0 Å². The van der Waals surface area contributed by atoms with Crippen LogP contribution in [0.25, 0.3) is 21.8 Å². The van der Waals surface area contributed by atoms with Crippen molar-refractivity contribution in [3.63, 3.8) is 0 Å². The number of aromatic nitrogens is 2. The maximum absolute atomic E-state index is 5.30. The first-order chi connectivity index (χ1) is 16.1. The summed E-state index contributed by atoms with van der Waals surface area (Å²) in [6.45, 7) is 5.12. The first-order valence-corrected chi connectivity index (χ1v) is 12.1. The summed E-state index contributed by atoms with van der Waals surface area (Å²) in [4.78, 5) is 11.9. The lowest BCUT2D eigenvalue weighted by atomic mass is 9.96. The molecule has 6 rings (SSSR count). The van der Waals surface area contributed by atoms with E-state index in [2.05, 4.69) is 89.3 Å². The molecule has 2 aliphatic heterocycles. The number of hydrogen-bond donors (Lipinski definition) is 2. The lowest BCUT2D eigenvalue weighted by molar-refractivity contribution is 0.0948. The number of rotatable bonds is 3. The maximum Gasteiger partial charge on any atom is 0.0621 e. The van der Waals surface area contributed by atoms with E-state index in [0.717, 1.165) is 26.1 Å². The van der Waals surface area contributed by atoms with Crippen molar-refractivity contribution in [1.82, 2.24) is 19.8 Å². The average Bonchev–Trinajstić information content (AvgIpc) is 3.36. The van der Waals surface area contributed by atoms with Crippen molar-refractivity contribution in [2.45, 2.75) is 51.4 Å². The van der Waals surface area contributed by atoms with E-state index in [1.807, 2.05) is 0 Å². The van der Waals surface area contributed by atoms with Gasteiger partial charge < -0.3 is 14.7 Å². The summed E-state index contributed by atoms with van der Waals surface area (Å²) in [5.74, 6) is 0. The van der Waals surface area contributed by atoms with Crippen molar-refractivity contribution in [3.05, 3.63) is 71.0 Å². The van der Waals surface area contributed by atoms with Crippen LogP contribution in [-0.2, 0) is 30.7 Å². The van der Waals surface area contributed by atoms with Crippen molar-refractivity contribution < 1.29 is 4.74 Å². The van der Waals surface area contributed by atoms with E-state index in [1.54, 1.807) is 12.7 Å². The zero-order chi connectivity index (χ0) is 22.9. The molecule has 0 radical (unpaired) electrons. The first-order valence-electron chi connectivity index (χ1n) is 12.1. The minimum atomic E-state index is 0.492. The fraction of sp³-hybridized carbons (Fsp3) is 0.429. The molecule has 0 spiro atoms. The highest BCUT2D eigenvalue weighted by atomic mass is 16.5. The van der Waals surface area contributed by atoms with Crippen LogP contribution in [0.3, 0.4) is 0 Å². The van der Waals surface area contributed by atoms with Crippen LogP contribution in [0.4, 0.5) is 0 Å². The summed E-state index contributed by atoms with van der Waals surface area (Å²) >= 11 is 0. The Morgan fingerprint density at radius 3 is 1.79 bits per heavy atom. The Hall–Kier alpha value is -2.60. The second kappa shape index (κ2) is 9.34. The van der Waals surface area contributed by atoms with Gasteiger partial charge in [-0.05, 0) is 56.6 Å². The molecule has 2 aromatic heterocycles. The second-order valence-electron chi connectivity index (χ2n) is 9.67. The van der Waals surface area contributed by atoms with E-state index in [1.165, 1.54) is 51.6 Å². The normalized spacial score (nSPS) is 21.0. The molecule has 2 atom stereocenters. The number of fused-ring (bicyclic) bond motifs is 6. The Morgan fingerprint density at radius 1 is 0.788 bits per heavy atom. The first kappa shape index (κ1) is 22.2. The summed E-state index contributed by atoms with van der Waals surface area (Å²) in [6.07, 6.45) is 3.49. The average molecular weight is 445 g/mol. The Kier molecular flexibility index (Phi) is 6.28. The quantitative estimate of drug-likeness (QED) is 0.462. The summed E-state index contributed by atoms with van der Waals surface area (Å²) in [5, 5.41) is 2.79. The van der Waals surface area contributed by atoms with Crippen molar-refractivity contribution >= 4 is 21.8 Å². The van der Waals surface area contributed by atoms with Crippen LogP contribution in [0, 0.1) is 0 Å². The predicted octanol–water partition coefficient (Wildman–Crippen LogP) is 5.11. The molecule has 2 aliphatic rings. The number of ether oxygens (including phenoxy) is 1. The maximum atomic E-state index is 5.30. The van der Waals surface area contributed by atoms with Gasteiger partial charge in [0, 0.05) is 65.5 Å². The molecule has 5 heteroatoms. The van der Waals surface area contributed by atoms with Gasteiger partial charge in [-0.25, -0.2) is 0 Å². The van der Waals surface area contributed by atoms with Gasteiger partial charge in [0.15, 0.2) is 0 Å². The SMILES string of the molecule is CCC1Cc2c([nH]c3ccccc23)CN1C.COCC1Cc2c([nH]c3ccccc23)CN1C. The molecule has 4 heterocycles. The molecule has 0 amide bonds. The van der Waals surface area contributed by atoms with E-state index >= 15 is 0 Å².